The molecule has 3 heterocycles. The zero-order valence-electron chi connectivity index (χ0n) is 19.5. The molecule has 7 rings (SSSR count). The third-order valence-corrected chi connectivity index (χ3v) is 6.88. The number of fused-ring (bicyclic) bond motifs is 7. The highest BCUT2D eigenvalue weighted by molar-refractivity contribution is 6.19. The van der Waals surface area contributed by atoms with Gasteiger partial charge in [-0.1, -0.05) is 6.07 Å². The molecule has 2 aromatic heterocycles. The summed E-state index contributed by atoms with van der Waals surface area (Å²) < 4.78 is 25.0. The SMILES string of the molecule is COc1ccc2c(c[n+](C)c3c4cc5c(cc4c(-c4ccc6nc[nH]c6c4)cc23)OCO5)c1OC. The molecule has 0 saturated carbocycles. The van der Waals surface area contributed by atoms with Gasteiger partial charge in [-0.15, -0.1) is 0 Å². The molecule has 7 heteroatoms. The lowest BCUT2D eigenvalue weighted by Gasteiger charge is -2.14. The predicted octanol–water partition coefficient (Wildman–Crippen LogP) is 5.26. The maximum Gasteiger partial charge on any atom is 0.231 e. The first-order valence-corrected chi connectivity index (χ1v) is 11.3. The number of imidazole rings is 1. The first-order valence-electron chi connectivity index (χ1n) is 11.3. The summed E-state index contributed by atoms with van der Waals surface area (Å²) in [5.74, 6) is 2.94. The van der Waals surface area contributed by atoms with Crippen LogP contribution in [0.25, 0.3) is 54.6 Å². The van der Waals surface area contributed by atoms with Crippen LogP contribution < -0.4 is 23.5 Å². The van der Waals surface area contributed by atoms with Crippen LogP contribution in [0.5, 0.6) is 23.0 Å². The number of rotatable bonds is 3. The Morgan fingerprint density at radius 2 is 1.66 bits per heavy atom. The third kappa shape index (κ3) is 2.78. The first kappa shape index (κ1) is 19.9. The van der Waals surface area contributed by atoms with Crippen molar-refractivity contribution in [2.45, 2.75) is 0 Å². The van der Waals surface area contributed by atoms with Crippen LogP contribution in [0.3, 0.4) is 0 Å². The molecule has 172 valence electrons. The quantitative estimate of drug-likeness (QED) is 0.286. The van der Waals surface area contributed by atoms with Crippen LogP contribution >= 0.6 is 0 Å². The van der Waals surface area contributed by atoms with E-state index < -0.39 is 0 Å². The fraction of sp³-hybridized carbons (Fsp3) is 0.143. The summed E-state index contributed by atoms with van der Waals surface area (Å²) in [6.07, 6.45) is 3.82. The van der Waals surface area contributed by atoms with Gasteiger partial charge in [-0.3, -0.25) is 0 Å². The Bertz CT molecular complexity index is 1820. The van der Waals surface area contributed by atoms with E-state index in [0.717, 1.165) is 66.1 Å². The highest BCUT2D eigenvalue weighted by Crippen LogP contribution is 2.45. The Morgan fingerprint density at radius 1 is 0.857 bits per heavy atom. The number of ether oxygens (including phenoxy) is 4. The molecule has 0 fully saturated rings. The van der Waals surface area contributed by atoms with Crippen LogP contribution in [0.1, 0.15) is 0 Å². The lowest BCUT2D eigenvalue weighted by molar-refractivity contribution is -0.642. The van der Waals surface area contributed by atoms with Crippen molar-refractivity contribution in [3.05, 3.63) is 61.1 Å². The van der Waals surface area contributed by atoms with Gasteiger partial charge >= 0.3 is 0 Å². The van der Waals surface area contributed by atoms with Crippen LogP contribution in [0.15, 0.2) is 61.1 Å². The number of methoxy groups -OCH3 is 2. The molecule has 1 N–H and O–H groups in total. The average molecular weight is 465 g/mol. The summed E-state index contributed by atoms with van der Waals surface area (Å²) in [4.78, 5) is 7.61. The Hall–Kier alpha value is -4.52. The molecule has 6 aromatic rings. The van der Waals surface area contributed by atoms with Crippen molar-refractivity contribution in [3.63, 3.8) is 0 Å². The molecule has 0 atom stereocenters. The minimum Gasteiger partial charge on any atom is -0.493 e. The fourth-order valence-electron chi connectivity index (χ4n) is 5.30. The van der Waals surface area contributed by atoms with Gasteiger partial charge < -0.3 is 23.9 Å². The molecule has 0 amide bonds. The third-order valence-electron chi connectivity index (χ3n) is 6.88. The Labute approximate surface area is 200 Å². The molecule has 7 nitrogen and oxygen atoms in total. The van der Waals surface area contributed by atoms with E-state index in [-0.39, 0.29) is 6.79 Å². The van der Waals surface area contributed by atoms with Crippen molar-refractivity contribution in [3.8, 4) is 34.1 Å². The normalized spacial score (nSPS) is 12.8. The van der Waals surface area contributed by atoms with Crippen molar-refractivity contribution in [2.24, 2.45) is 7.05 Å². The minimum absolute atomic E-state index is 0.227. The van der Waals surface area contributed by atoms with Crippen LogP contribution in [0.4, 0.5) is 0 Å². The van der Waals surface area contributed by atoms with Crippen molar-refractivity contribution < 1.29 is 23.5 Å². The van der Waals surface area contributed by atoms with E-state index in [0.29, 0.717) is 11.5 Å². The van der Waals surface area contributed by atoms with E-state index >= 15 is 0 Å². The molecule has 1 aliphatic rings. The number of aromatic amines is 1. The Kier molecular flexibility index (Phi) is 4.12. The van der Waals surface area contributed by atoms with Gasteiger partial charge in [0.05, 0.1) is 47.7 Å². The summed E-state index contributed by atoms with van der Waals surface area (Å²) in [6, 6.07) is 16.8. The number of benzene rings is 4. The zero-order valence-corrected chi connectivity index (χ0v) is 19.5. The fourth-order valence-corrected chi connectivity index (χ4v) is 5.30. The molecule has 35 heavy (non-hydrogen) atoms. The first-order chi connectivity index (χ1) is 17.2. The number of aryl methyl sites for hydroxylation is 1. The topological polar surface area (TPSA) is 69.5 Å². The van der Waals surface area contributed by atoms with Crippen molar-refractivity contribution in [1.82, 2.24) is 9.97 Å². The van der Waals surface area contributed by atoms with E-state index in [1.165, 1.54) is 0 Å². The summed E-state index contributed by atoms with van der Waals surface area (Å²) in [5.41, 5.74) is 5.22. The predicted molar refractivity (Wildman–Crippen MR) is 134 cm³/mol. The number of nitrogens with one attached hydrogen (secondary N) is 1. The second-order valence-electron chi connectivity index (χ2n) is 8.71. The van der Waals surface area contributed by atoms with E-state index in [1.807, 2.05) is 12.1 Å². The number of H-pyrrole nitrogens is 1. The van der Waals surface area contributed by atoms with Gasteiger partial charge in [-0.25, -0.2) is 4.98 Å². The van der Waals surface area contributed by atoms with Crippen LogP contribution in [0.2, 0.25) is 0 Å². The monoisotopic (exact) mass is 464 g/mol. The molecule has 0 saturated heterocycles. The Morgan fingerprint density at radius 3 is 2.46 bits per heavy atom. The molecule has 1 aliphatic heterocycles. The molecule has 4 aromatic carbocycles. The molecular weight excluding hydrogens is 442 g/mol. The largest absolute Gasteiger partial charge is 0.493 e. The number of pyridine rings is 1. The lowest BCUT2D eigenvalue weighted by Crippen LogP contribution is -2.28. The smallest absolute Gasteiger partial charge is 0.231 e. The number of aromatic nitrogens is 3. The van der Waals surface area contributed by atoms with Crippen molar-refractivity contribution in [2.75, 3.05) is 21.0 Å². The van der Waals surface area contributed by atoms with Gasteiger partial charge in [0.1, 0.15) is 7.05 Å². The Balaban J connectivity index is 1.67. The standard InChI is InChI=1S/C28H22N3O4/c1-31-12-21-16(5-7-24(32-2)28(21)33-3)19-9-17(15-4-6-22-23(8-15)30-13-29-22)18-10-25-26(35-14-34-25)11-20(18)27(19)31/h4-13H,14H2,1-3H3,(H,29,30)/q+1. The number of nitrogens with zero attached hydrogens (tertiary/aromatic N) is 2. The number of hydrogen-bond acceptors (Lipinski definition) is 5. The van der Waals surface area contributed by atoms with Gasteiger partial charge in [0.25, 0.3) is 0 Å². The van der Waals surface area contributed by atoms with Gasteiger partial charge in [-0.05, 0) is 53.6 Å². The van der Waals surface area contributed by atoms with E-state index in [2.05, 4.69) is 64.2 Å². The summed E-state index contributed by atoms with van der Waals surface area (Å²) in [6.45, 7) is 0.227. The second kappa shape index (κ2) is 7.24. The van der Waals surface area contributed by atoms with E-state index in [1.54, 1.807) is 20.5 Å². The van der Waals surface area contributed by atoms with E-state index in [4.69, 9.17) is 18.9 Å². The molecule has 0 radical (unpaired) electrons. The summed E-state index contributed by atoms with van der Waals surface area (Å²) in [7, 11) is 5.39. The van der Waals surface area contributed by atoms with Crippen molar-refractivity contribution >= 4 is 43.5 Å². The van der Waals surface area contributed by atoms with Crippen molar-refractivity contribution in [1.29, 1.82) is 0 Å². The maximum absolute atomic E-state index is 5.77. The van der Waals surface area contributed by atoms with Gasteiger partial charge in [-0.2, -0.15) is 4.57 Å². The zero-order chi connectivity index (χ0) is 23.7. The molecule has 0 spiro atoms. The lowest BCUT2D eigenvalue weighted by atomic mass is 9.92. The number of hydrogen-bond donors (Lipinski definition) is 1. The van der Waals surface area contributed by atoms with Gasteiger partial charge in [0.15, 0.2) is 29.2 Å². The van der Waals surface area contributed by atoms with Crippen LogP contribution in [-0.2, 0) is 7.05 Å². The average Bonchev–Trinajstić information content (AvgIpc) is 3.54. The highest BCUT2D eigenvalue weighted by atomic mass is 16.7. The van der Waals surface area contributed by atoms with Gasteiger partial charge in [0, 0.05) is 10.8 Å². The van der Waals surface area contributed by atoms with E-state index in [9.17, 15) is 0 Å². The summed E-state index contributed by atoms with van der Waals surface area (Å²) in [5, 5.41) is 5.36. The second-order valence-corrected chi connectivity index (χ2v) is 8.71. The van der Waals surface area contributed by atoms with Crippen LogP contribution in [-0.4, -0.2) is 31.0 Å². The maximum atomic E-state index is 5.77. The highest BCUT2D eigenvalue weighted by Gasteiger charge is 2.24. The summed E-state index contributed by atoms with van der Waals surface area (Å²) >= 11 is 0. The molecule has 0 bridgehead atoms. The molecule has 0 aliphatic carbocycles. The molecular formula is C28H22N3O4+. The van der Waals surface area contributed by atoms with Crippen LogP contribution in [0, 0.1) is 0 Å². The minimum atomic E-state index is 0.227. The van der Waals surface area contributed by atoms with Gasteiger partial charge in [0.2, 0.25) is 12.3 Å². The molecule has 0 unspecified atom stereocenters.